The van der Waals surface area contributed by atoms with Gasteiger partial charge in [-0.15, -0.1) is 0 Å². The van der Waals surface area contributed by atoms with Crippen LogP contribution in [0.2, 0.25) is 0 Å². The average Bonchev–Trinajstić information content (AvgIpc) is 2.86. The molecular formula is C13H23N3O2S. The van der Waals surface area contributed by atoms with Gasteiger partial charge in [-0.3, -0.25) is 0 Å². The summed E-state index contributed by atoms with van der Waals surface area (Å²) in [6, 6.07) is 0.303. The van der Waals surface area contributed by atoms with E-state index in [9.17, 15) is 8.42 Å². The Balaban J connectivity index is 2.03. The molecule has 2 rings (SSSR count). The maximum Gasteiger partial charge on any atom is 0.151 e. The lowest BCUT2D eigenvalue weighted by Crippen LogP contribution is -2.48. The Morgan fingerprint density at radius 3 is 2.68 bits per heavy atom. The van der Waals surface area contributed by atoms with E-state index in [1.165, 1.54) is 0 Å². The van der Waals surface area contributed by atoms with Crippen LogP contribution in [-0.2, 0) is 16.4 Å². The maximum atomic E-state index is 11.5. The predicted octanol–water partition coefficient (Wildman–Crippen LogP) is 1.07. The lowest BCUT2D eigenvalue weighted by Gasteiger charge is -2.34. The minimum absolute atomic E-state index is 0.0661. The molecule has 1 aliphatic rings. The average molecular weight is 285 g/mol. The van der Waals surface area contributed by atoms with Gasteiger partial charge in [-0.1, -0.05) is 20.8 Å². The Labute approximate surface area is 115 Å². The molecule has 1 fully saturated rings. The second-order valence-electron chi connectivity index (χ2n) is 6.44. The minimum atomic E-state index is -2.83. The van der Waals surface area contributed by atoms with E-state index in [0.717, 1.165) is 13.0 Å². The number of imidazole rings is 1. The van der Waals surface area contributed by atoms with Crippen molar-refractivity contribution in [3.05, 3.63) is 18.7 Å². The monoisotopic (exact) mass is 285 g/mol. The first-order valence-corrected chi connectivity index (χ1v) is 8.51. The first-order valence-electron chi connectivity index (χ1n) is 6.68. The van der Waals surface area contributed by atoms with Crippen molar-refractivity contribution in [2.45, 2.75) is 45.8 Å². The summed E-state index contributed by atoms with van der Waals surface area (Å²) in [5.74, 6) is 0.579. The largest absolute Gasteiger partial charge is 0.336 e. The van der Waals surface area contributed by atoms with E-state index in [-0.39, 0.29) is 23.3 Å². The van der Waals surface area contributed by atoms with Crippen molar-refractivity contribution in [1.82, 2.24) is 14.9 Å². The van der Waals surface area contributed by atoms with Gasteiger partial charge >= 0.3 is 0 Å². The lowest BCUT2D eigenvalue weighted by molar-refractivity contribution is 0.226. The third-order valence-corrected chi connectivity index (χ3v) is 5.44. The van der Waals surface area contributed by atoms with E-state index in [1.54, 1.807) is 12.5 Å². The maximum absolute atomic E-state index is 11.5. The molecule has 1 aromatic heterocycles. The first-order chi connectivity index (χ1) is 8.76. The summed E-state index contributed by atoms with van der Waals surface area (Å²) in [6.07, 6.45) is 6.22. The second kappa shape index (κ2) is 5.25. The molecule has 0 saturated carbocycles. The Morgan fingerprint density at radius 1 is 1.47 bits per heavy atom. The van der Waals surface area contributed by atoms with E-state index in [1.807, 2.05) is 10.8 Å². The fourth-order valence-electron chi connectivity index (χ4n) is 2.39. The van der Waals surface area contributed by atoms with Crippen LogP contribution in [-0.4, -0.2) is 41.6 Å². The first kappa shape index (κ1) is 14.5. The molecule has 5 nitrogen and oxygen atoms in total. The minimum Gasteiger partial charge on any atom is -0.336 e. The van der Waals surface area contributed by atoms with Gasteiger partial charge in [0.25, 0.3) is 0 Å². The van der Waals surface area contributed by atoms with Crippen molar-refractivity contribution in [1.29, 1.82) is 0 Å². The van der Waals surface area contributed by atoms with Crippen molar-refractivity contribution in [3.63, 3.8) is 0 Å². The molecule has 0 aromatic carbocycles. The smallest absolute Gasteiger partial charge is 0.151 e. The highest BCUT2D eigenvalue weighted by atomic mass is 32.2. The molecule has 6 heteroatoms. The third-order valence-electron chi connectivity index (χ3n) is 3.67. The molecule has 19 heavy (non-hydrogen) atoms. The topological polar surface area (TPSA) is 64.0 Å². The van der Waals surface area contributed by atoms with Gasteiger partial charge in [-0.05, 0) is 11.8 Å². The van der Waals surface area contributed by atoms with Gasteiger partial charge in [0, 0.05) is 31.0 Å². The number of hydrogen-bond donors (Lipinski definition) is 1. The van der Waals surface area contributed by atoms with Gasteiger partial charge in [-0.2, -0.15) is 0 Å². The second-order valence-corrected chi connectivity index (χ2v) is 8.67. The normalized spacial score (nSPS) is 24.5. The summed E-state index contributed by atoms with van der Waals surface area (Å²) in [5, 5.41) is 3.52. The predicted molar refractivity (Wildman–Crippen MR) is 75.7 cm³/mol. The van der Waals surface area contributed by atoms with E-state index in [2.05, 4.69) is 31.1 Å². The zero-order valence-electron chi connectivity index (χ0n) is 11.8. The lowest BCUT2D eigenvalue weighted by atomic mass is 9.86. The number of nitrogens with one attached hydrogen (secondary N) is 1. The van der Waals surface area contributed by atoms with Gasteiger partial charge in [0.2, 0.25) is 0 Å². The molecule has 2 unspecified atom stereocenters. The molecule has 1 aliphatic heterocycles. The molecule has 0 radical (unpaired) electrons. The van der Waals surface area contributed by atoms with Gasteiger partial charge in [0.15, 0.2) is 9.84 Å². The third kappa shape index (κ3) is 4.04. The van der Waals surface area contributed by atoms with Crippen molar-refractivity contribution in [2.24, 2.45) is 5.41 Å². The molecular weight excluding hydrogens is 262 g/mol. The van der Waals surface area contributed by atoms with Gasteiger partial charge in [0.1, 0.15) is 0 Å². The number of sulfone groups is 1. The zero-order valence-corrected chi connectivity index (χ0v) is 12.7. The molecule has 1 N–H and O–H groups in total. The quantitative estimate of drug-likeness (QED) is 0.899. The highest BCUT2D eigenvalue weighted by Gasteiger charge is 2.33. The van der Waals surface area contributed by atoms with Crippen LogP contribution in [0.15, 0.2) is 18.7 Å². The van der Waals surface area contributed by atoms with Crippen molar-refractivity contribution < 1.29 is 8.42 Å². The van der Waals surface area contributed by atoms with E-state index in [4.69, 9.17) is 0 Å². The van der Waals surface area contributed by atoms with E-state index in [0.29, 0.717) is 5.75 Å². The SMILES string of the molecule is CC(C)(C)C(Cn1ccnc1)NC1CCS(=O)(=O)C1. The summed E-state index contributed by atoms with van der Waals surface area (Å²) in [6.45, 7) is 7.32. The number of aromatic nitrogens is 2. The molecule has 2 atom stereocenters. The van der Waals surface area contributed by atoms with E-state index >= 15 is 0 Å². The molecule has 0 aliphatic carbocycles. The Morgan fingerprint density at radius 2 is 2.21 bits per heavy atom. The van der Waals surface area contributed by atoms with Crippen molar-refractivity contribution in [2.75, 3.05) is 11.5 Å². The van der Waals surface area contributed by atoms with Crippen LogP contribution in [0.25, 0.3) is 0 Å². The van der Waals surface area contributed by atoms with Crippen LogP contribution >= 0.6 is 0 Å². The molecule has 1 saturated heterocycles. The molecule has 1 aromatic rings. The number of hydrogen-bond acceptors (Lipinski definition) is 4. The van der Waals surface area contributed by atoms with Gasteiger partial charge < -0.3 is 9.88 Å². The zero-order chi connectivity index (χ0) is 14.1. The standard InChI is InChI=1S/C13H23N3O2S/c1-13(2,3)12(8-16-6-5-14-10-16)15-11-4-7-19(17,18)9-11/h5-6,10-12,15H,4,7-9H2,1-3H3. The number of nitrogens with zero attached hydrogens (tertiary/aromatic N) is 2. The Bertz CT molecular complexity index is 502. The van der Waals surface area contributed by atoms with Crippen LogP contribution in [0.5, 0.6) is 0 Å². The van der Waals surface area contributed by atoms with E-state index < -0.39 is 9.84 Å². The van der Waals surface area contributed by atoms with Crippen LogP contribution in [0.4, 0.5) is 0 Å². The van der Waals surface area contributed by atoms with Crippen molar-refractivity contribution >= 4 is 9.84 Å². The molecule has 0 spiro atoms. The molecule has 0 bridgehead atoms. The highest BCUT2D eigenvalue weighted by Crippen LogP contribution is 2.23. The Kier molecular flexibility index (Phi) is 4.01. The van der Waals surface area contributed by atoms with Crippen LogP contribution in [0.3, 0.4) is 0 Å². The summed E-state index contributed by atoms with van der Waals surface area (Å²) in [7, 11) is -2.83. The van der Waals surface area contributed by atoms with Crippen LogP contribution in [0, 0.1) is 5.41 Å². The summed E-state index contributed by atoms with van der Waals surface area (Å²) < 4.78 is 25.1. The number of rotatable bonds is 4. The fraction of sp³-hybridized carbons (Fsp3) is 0.769. The highest BCUT2D eigenvalue weighted by molar-refractivity contribution is 7.91. The summed E-state index contributed by atoms with van der Waals surface area (Å²) in [5.41, 5.74) is 0.0661. The molecule has 108 valence electrons. The fourth-order valence-corrected chi connectivity index (χ4v) is 4.08. The van der Waals surface area contributed by atoms with Crippen LogP contribution in [0.1, 0.15) is 27.2 Å². The summed E-state index contributed by atoms with van der Waals surface area (Å²) in [4.78, 5) is 4.05. The summed E-state index contributed by atoms with van der Waals surface area (Å²) >= 11 is 0. The molecule has 0 amide bonds. The van der Waals surface area contributed by atoms with Gasteiger partial charge in [-0.25, -0.2) is 13.4 Å². The van der Waals surface area contributed by atoms with Crippen molar-refractivity contribution in [3.8, 4) is 0 Å². The Hall–Kier alpha value is -0.880. The molecule has 2 heterocycles. The van der Waals surface area contributed by atoms with Crippen LogP contribution < -0.4 is 5.32 Å². The van der Waals surface area contributed by atoms with Gasteiger partial charge in [0.05, 0.1) is 17.8 Å².